The molecule has 0 aromatic heterocycles. The van der Waals surface area contributed by atoms with Gasteiger partial charge in [-0.15, -0.1) is 0 Å². The lowest BCUT2D eigenvalue weighted by Crippen LogP contribution is -2.34. The zero-order valence-corrected chi connectivity index (χ0v) is 16.2. The molecular weight excluding hydrogens is 318 g/mol. The number of nitrogens with one attached hydrogen (secondary N) is 1. The van der Waals surface area contributed by atoms with Crippen molar-refractivity contribution < 1.29 is 19.1 Å². The van der Waals surface area contributed by atoms with Crippen LogP contribution in [-0.4, -0.2) is 30.8 Å². The summed E-state index contributed by atoms with van der Waals surface area (Å²) in [6, 6.07) is 8.07. The minimum atomic E-state index is -0.545. The molecule has 0 spiro atoms. The number of benzene rings is 1. The summed E-state index contributed by atoms with van der Waals surface area (Å²) in [5.74, 6) is -0.0389. The van der Waals surface area contributed by atoms with E-state index in [2.05, 4.69) is 31.3 Å². The Morgan fingerprint density at radius 2 is 1.68 bits per heavy atom. The van der Waals surface area contributed by atoms with Crippen LogP contribution in [0.2, 0.25) is 0 Å². The predicted molar refractivity (Wildman–Crippen MR) is 98.6 cm³/mol. The second-order valence-electron chi connectivity index (χ2n) is 7.66. The SMILES string of the molecule is CC(C)Cc1ccc(C(C)C(=O)OCCNC(=O)OC(C)(C)C)cc1. The van der Waals surface area contributed by atoms with Gasteiger partial charge in [0.1, 0.15) is 12.2 Å². The van der Waals surface area contributed by atoms with E-state index in [0.29, 0.717) is 5.92 Å². The molecule has 1 aromatic carbocycles. The lowest BCUT2D eigenvalue weighted by atomic mass is 9.97. The van der Waals surface area contributed by atoms with Crippen LogP contribution in [0.4, 0.5) is 4.79 Å². The first kappa shape index (κ1) is 21.0. The Labute approximate surface area is 151 Å². The summed E-state index contributed by atoms with van der Waals surface area (Å²) >= 11 is 0. The van der Waals surface area contributed by atoms with E-state index < -0.39 is 11.7 Å². The highest BCUT2D eigenvalue weighted by Gasteiger charge is 2.18. The van der Waals surface area contributed by atoms with Gasteiger partial charge in [0.15, 0.2) is 0 Å². The fourth-order valence-electron chi connectivity index (χ4n) is 2.29. The van der Waals surface area contributed by atoms with Gasteiger partial charge >= 0.3 is 12.1 Å². The number of carbonyl (C=O) groups is 2. The maximum absolute atomic E-state index is 12.1. The van der Waals surface area contributed by atoms with Crippen LogP contribution < -0.4 is 5.32 Å². The van der Waals surface area contributed by atoms with E-state index in [1.807, 2.05) is 19.1 Å². The van der Waals surface area contributed by atoms with Gasteiger partial charge in [-0.3, -0.25) is 4.79 Å². The molecule has 0 aliphatic carbocycles. The van der Waals surface area contributed by atoms with E-state index in [-0.39, 0.29) is 25.0 Å². The van der Waals surface area contributed by atoms with E-state index in [4.69, 9.17) is 9.47 Å². The van der Waals surface area contributed by atoms with Crippen molar-refractivity contribution in [1.29, 1.82) is 0 Å². The van der Waals surface area contributed by atoms with Crippen molar-refractivity contribution in [3.63, 3.8) is 0 Å². The van der Waals surface area contributed by atoms with E-state index in [1.54, 1.807) is 20.8 Å². The maximum atomic E-state index is 12.1. The van der Waals surface area contributed by atoms with Crippen molar-refractivity contribution >= 4 is 12.1 Å². The third kappa shape index (κ3) is 8.57. The second-order valence-corrected chi connectivity index (χ2v) is 7.66. The molecule has 0 bridgehead atoms. The van der Waals surface area contributed by atoms with Crippen LogP contribution in [0, 0.1) is 5.92 Å². The number of rotatable bonds is 7. The summed E-state index contributed by atoms with van der Waals surface area (Å²) < 4.78 is 10.3. The van der Waals surface area contributed by atoms with Gasteiger partial charge in [0, 0.05) is 0 Å². The number of ether oxygens (including phenoxy) is 2. The largest absolute Gasteiger partial charge is 0.463 e. The number of hydrogen-bond acceptors (Lipinski definition) is 4. The fourth-order valence-corrected chi connectivity index (χ4v) is 2.29. The van der Waals surface area contributed by atoms with Gasteiger partial charge in [0.25, 0.3) is 0 Å². The molecule has 0 saturated carbocycles. The average Bonchev–Trinajstić information content (AvgIpc) is 2.49. The minimum Gasteiger partial charge on any atom is -0.463 e. The van der Waals surface area contributed by atoms with Gasteiger partial charge in [-0.2, -0.15) is 0 Å². The van der Waals surface area contributed by atoms with Crippen molar-refractivity contribution in [2.75, 3.05) is 13.2 Å². The lowest BCUT2D eigenvalue weighted by Gasteiger charge is -2.19. The zero-order chi connectivity index (χ0) is 19.0. The third-order valence-electron chi connectivity index (χ3n) is 3.49. The number of alkyl carbamates (subject to hydrolysis) is 1. The highest BCUT2D eigenvalue weighted by Crippen LogP contribution is 2.18. The zero-order valence-electron chi connectivity index (χ0n) is 16.2. The van der Waals surface area contributed by atoms with Crippen LogP contribution in [0.25, 0.3) is 0 Å². The van der Waals surface area contributed by atoms with Crippen molar-refractivity contribution in [1.82, 2.24) is 5.32 Å². The molecule has 0 aliphatic heterocycles. The van der Waals surface area contributed by atoms with Gasteiger partial charge in [-0.1, -0.05) is 38.1 Å². The molecule has 1 N–H and O–H groups in total. The summed E-state index contributed by atoms with van der Waals surface area (Å²) in [7, 11) is 0. The molecule has 0 aliphatic rings. The van der Waals surface area contributed by atoms with Gasteiger partial charge in [-0.25, -0.2) is 4.79 Å². The molecule has 140 valence electrons. The molecule has 0 fully saturated rings. The Morgan fingerprint density at radius 3 is 2.20 bits per heavy atom. The quantitative estimate of drug-likeness (QED) is 0.595. The van der Waals surface area contributed by atoms with Crippen molar-refractivity contribution in [3.05, 3.63) is 35.4 Å². The normalized spacial score (nSPS) is 12.6. The number of carbonyl (C=O) groups excluding carboxylic acids is 2. The standard InChI is InChI=1S/C20H31NO4/c1-14(2)13-16-7-9-17(10-8-16)15(3)18(22)24-12-11-21-19(23)25-20(4,5)6/h7-10,14-15H,11-13H2,1-6H3,(H,21,23). The first-order valence-corrected chi connectivity index (χ1v) is 8.81. The van der Waals surface area contributed by atoms with Crippen LogP contribution in [0.5, 0.6) is 0 Å². The third-order valence-corrected chi connectivity index (χ3v) is 3.49. The first-order chi connectivity index (χ1) is 11.6. The van der Waals surface area contributed by atoms with Crippen LogP contribution >= 0.6 is 0 Å². The highest BCUT2D eigenvalue weighted by atomic mass is 16.6. The van der Waals surface area contributed by atoms with Crippen molar-refractivity contribution in [2.24, 2.45) is 5.92 Å². The Balaban J connectivity index is 2.38. The first-order valence-electron chi connectivity index (χ1n) is 8.81. The van der Waals surface area contributed by atoms with Crippen LogP contribution in [0.1, 0.15) is 58.6 Å². The average molecular weight is 349 g/mol. The van der Waals surface area contributed by atoms with E-state index >= 15 is 0 Å². The predicted octanol–water partition coefficient (Wildman–Crippen LogP) is 4.06. The van der Waals surface area contributed by atoms with E-state index in [9.17, 15) is 9.59 Å². The van der Waals surface area contributed by atoms with Crippen molar-refractivity contribution in [3.8, 4) is 0 Å². The summed E-state index contributed by atoms with van der Waals surface area (Å²) in [5.41, 5.74) is 1.65. The molecule has 25 heavy (non-hydrogen) atoms. The van der Waals surface area contributed by atoms with Crippen LogP contribution in [0.3, 0.4) is 0 Å². The maximum Gasteiger partial charge on any atom is 0.407 e. The van der Waals surface area contributed by atoms with E-state index in [1.165, 1.54) is 5.56 Å². The lowest BCUT2D eigenvalue weighted by molar-refractivity contribution is -0.144. The summed E-state index contributed by atoms with van der Waals surface area (Å²) in [6.45, 7) is 11.9. The topological polar surface area (TPSA) is 64.6 Å². The Kier molecular flexibility index (Phi) is 7.94. The number of amides is 1. The highest BCUT2D eigenvalue weighted by molar-refractivity contribution is 5.77. The number of hydrogen-bond donors (Lipinski definition) is 1. The van der Waals surface area contributed by atoms with Gasteiger partial charge in [-0.05, 0) is 51.2 Å². The number of esters is 1. The molecule has 1 rings (SSSR count). The molecule has 0 saturated heterocycles. The molecular formula is C20H31NO4. The van der Waals surface area contributed by atoms with Gasteiger partial charge in [0.2, 0.25) is 0 Å². The van der Waals surface area contributed by atoms with Gasteiger partial charge in [0.05, 0.1) is 12.5 Å². The smallest absolute Gasteiger partial charge is 0.407 e. The monoisotopic (exact) mass is 349 g/mol. The van der Waals surface area contributed by atoms with Crippen LogP contribution in [0.15, 0.2) is 24.3 Å². The molecule has 5 heteroatoms. The Hall–Kier alpha value is -2.04. The van der Waals surface area contributed by atoms with Gasteiger partial charge < -0.3 is 14.8 Å². The molecule has 0 heterocycles. The van der Waals surface area contributed by atoms with Crippen LogP contribution in [-0.2, 0) is 20.7 Å². The Bertz CT molecular complexity index is 558. The molecule has 1 amide bonds. The summed E-state index contributed by atoms with van der Waals surface area (Å²) in [6.07, 6.45) is 0.507. The minimum absolute atomic E-state index is 0.119. The molecule has 1 atom stereocenters. The van der Waals surface area contributed by atoms with E-state index in [0.717, 1.165) is 12.0 Å². The molecule has 0 radical (unpaired) electrons. The molecule has 5 nitrogen and oxygen atoms in total. The van der Waals surface area contributed by atoms with Crippen molar-refractivity contribution in [2.45, 2.75) is 59.5 Å². The second kappa shape index (κ2) is 9.44. The Morgan fingerprint density at radius 1 is 1.08 bits per heavy atom. The summed E-state index contributed by atoms with van der Waals surface area (Å²) in [4.78, 5) is 23.6. The molecule has 1 aromatic rings. The fraction of sp³-hybridized carbons (Fsp3) is 0.600. The molecule has 1 unspecified atom stereocenters. The summed E-state index contributed by atoms with van der Waals surface area (Å²) in [5, 5.41) is 2.56.